The van der Waals surface area contributed by atoms with Crippen LogP contribution in [-0.4, -0.2) is 21.7 Å². The molecule has 0 aliphatic rings. The van der Waals surface area contributed by atoms with Gasteiger partial charge in [0, 0.05) is 13.1 Å². The second-order valence-electron chi connectivity index (χ2n) is 3.94. The number of nitrogen functional groups attached to an aromatic ring is 1. The summed E-state index contributed by atoms with van der Waals surface area (Å²) >= 11 is 0. The van der Waals surface area contributed by atoms with Crippen LogP contribution in [0.1, 0.15) is 43.6 Å². The van der Waals surface area contributed by atoms with Gasteiger partial charge in [0.15, 0.2) is 0 Å². The first-order valence-corrected chi connectivity index (χ1v) is 5.68. The fraction of sp³-hybridized carbons (Fsp3) is 0.636. The molecule has 0 saturated heterocycles. The van der Waals surface area contributed by atoms with E-state index in [0.29, 0.717) is 11.4 Å². The second-order valence-corrected chi connectivity index (χ2v) is 3.94. The van der Waals surface area contributed by atoms with Crippen molar-refractivity contribution in [3.63, 3.8) is 0 Å². The lowest BCUT2D eigenvalue weighted by atomic mass is 10.1. The summed E-state index contributed by atoms with van der Waals surface area (Å²) in [4.78, 5) is 11.9. The first kappa shape index (κ1) is 12.5. The zero-order valence-electron chi connectivity index (χ0n) is 10.2. The molecule has 1 aromatic heterocycles. The fourth-order valence-electron chi connectivity index (χ4n) is 1.71. The third-order valence-electron chi connectivity index (χ3n) is 2.65. The molecule has 0 aliphatic carbocycles. The van der Waals surface area contributed by atoms with Crippen LogP contribution >= 0.6 is 0 Å². The van der Waals surface area contributed by atoms with Crippen molar-refractivity contribution in [3.8, 4) is 0 Å². The molecule has 1 amide bonds. The maximum absolute atomic E-state index is 11.9. The van der Waals surface area contributed by atoms with E-state index in [1.807, 2.05) is 0 Å². The van der Waals surface area contributed by atoms with Crippen molar-refractivity contribution in [2.45, 2.75) is 39.2 Å². The standard InChI is InChI=1S/C11H20N4O/c1-4-6-8(5-2)14-11(16)10-9(12)7-13-15(10)3/h7-8H,4-6,12H2,1-3H3,(H,14,16). The number of aryl methyl sites for hydroxylation is 1. The van der Waals surface area contributed by atoms with Gasteiger partial charge in [0.2, 0.25) is 0 Å². The van der Waals surface area contributed by atoms with Gasteiger partial charge in [-0.3, -0.25) is 9.48 Å². The number of aromatic nitrogens is 2. The van der Waals surface area contributed by atoms with Gasteiger partial charge in [0.05, 0.1) is 11.9 Å². The SMILES string of the molecule is CCCC(CC)NC(=O)c1c(N)cnn1C. The van der Waals surface area contributed by atoms with Crippen LogP contribution in [0.15, 0.2) is 6.20 Å². The minimum Gasteiger partial charge on any atom is -0.396 e. The molecule has 0 fully saturated rings. The number of carbonyl (C=O) groups is 1. The Morgan fingerprint density at radius 3 is 2.75 bits per heavy atom. The number of carbonyl (C=O) groups excluding carboxylic acids is 1. The molecule has 1 unspecified atom stereocenters. The lowest BCUT2D eigenvalue weighted by Gasteiger charge is -2.16. The monoisotopic (exact) mass is 224 g/mol. The van der Waals surface area contributed by atoms with Crippen LogP contribution in [0.4, 0.5) is 5.69 Å². The summed E-state index contributed by atoms with van der Waals surface area (Å²) in [5, 5.41) is 6.92. The number of anilines is 1. The van der Waals surface area contributed by atoms with Gasteiger partial charge in [0.25, 0.3) is 5.91 Å². The Hall–Kier alpha value is -1.52. The first-order chi connectivity index (χ1) is 7.60. The van der Waals surface area contributed by atoms with Gasteiger partial charge < -0.3 is 11.1 Å². The highest BCUT2D eigenvalue weighted by molar-refractivity contribution is 5.97. The highest BCUT2D eigenvalue weighted by Gasteiger charge is 2.17. The first-order valence-electron chi connectivity index (χ1n) is 5.68. The van der Waals surface area contributed by atoms with Crippen LogP contribution < -0.4 is 11.1 Å². The number of hydrogen-bond acceptors (Lipinski definition) is 3. The predicted octanol–water partition coefficient (Wildman–Crippen LogP) is 1.31. The molecule has 0 bridgehead atoms. The normalized spacial score (nSPS) is 12.4. The van der Waals surface area contributed by atoms with Crippen molar-refractivity contribution >= 4 is 11.6 Å². The molecule has 5 nitrogen and oxygen atoms in total. The second kappa shape index (κ2) is 5.53. The Balaban J connectivity index is 2.71. The molecule has 1 atom stereocenters. The minimum atomic E-state index is -0.141. The third-order valence-corrected chi connectivity index (χ3v) is 2.65. The molecule has 0 spiro atoms. The molecular weight excluding hydrogens is 204 g/mol. The molecule has 0 saturated carbocycles. The highest BCUT2D eigenvalue weighted by Crippen LogP contribution is 2.10. The molecule has 90 valence electrons. The van der Waals surface area contributed by atoms with Crippen LogP contribution in [0.25, 0.3) is 0 Å². The van der Waals surface area contributed by atoms with Gasteiger partial charge in [-0.1, -0.05) is 20.3 Å². The Kier molecular flexibility index (Phi) is 4.34. The molecule has 3 N–H and O–H groups in total. The number of hydrogen-bond donors (Lipinski definition) is 2. The van der Waals surface area contributed by atoms with Gasteiger partial charge >= 0.3 is 0 Å². The number of nitrogens with one attached hydrogen (secondary N) is 1. The van der Waals surface area contributed by atoms with Crippen molar-refractivity contribution in [3.05, 3.63) is 11.9 Å². The molecule has 0 aromatic carbocycles. The number of nitrogens with zero attached hydrogens (tertiary/aromatic N) is 2. The van der Waals surface area contributed by atoms with Crippen LogP contribution in [0.2, 0.25) is 0 Å². The van der Waals surface area contributed by atoms with E-state index < -0.39 is 0 Å². The largest absolute Gasteiger partial charge is 0.396 e. The van der Waals surface area contributed by atoms with E-state index >= 15 is 0 Å². The van der Waals surface area contributed by atoms with Gasteiger partial charge in [-0.05, 0) is 12.8 Å². The van der Waals surface area contributed by atoms with Crippen molar-refractivity contribution in [1.29, 1.82) is 0 Å². The molecule has 0 radical (unpaired) electrons. The van der Waals surface area contributed by atoms with E-state index in [-0.39, 0.29) is 11.9 Å². The molecule has 0 aliphatic heterocycles. The third kappa shape index (κ3) is 2.74. The molecular formula is C11H20N4O. The summed E-state index contributed by atoms with van der Waals surface area (Å²) in [7, 11) is 1.71. The number of amides is 1. The van der Waals surface area contributed by atoms with Crippen molar-refractivity contribution in [2.24, 2.45) is 7.05 Å². The maximum Gasteiger partial charge on any atom is 0.271 e. The number of rotatable bonds is 5. The van der Waals surface area contributed by atoms with Gasteiger partial charge in [-0.25, -0.2) is 0 Å². The van der Waals surface area contributed by atoms with Gasteiger partial charge in [0.1, 0.15) is 5.69 Å². The Labute approximate surface area is 96.0 Å². The topological polar surface area (TPSA) is 72.9 Å². The highest BCUT2D eigenvalue weighted by atomic mass is 16.2. The van der Waals surface area contributed by atoms with E-state index in [9.17, 15) is 4.79 Å². The van der Waals surface area contributed by atoms with E-state index in [2.05, 4.69) is 24.3 Å². The Bertz CT molecular complexity index is 339. The lowest BCUT2D eigenvalue weighted by Crippen LogP contribution is -2.35. The molecule has 1 heterocycles. The predicted molar refractivity (Wildman–Crippen MR) is 64.1 cm³/mol. The van der Waals surface area contributed by atoms with Crippen LogP contribution in [0.3, 0.4) is 0 Å². The van der Waals surface area contributed by atoms with E-state index in [4.69, 9.17) is 5.73 Å². The zero-order valence-corrected chi connectivity index (χ0v) is 10.2. The summed E-state index contributed by atoms with van der Waals surface area (Å²) in [6, 6.07) is 0.215. The summed E-state index contributed by atoms with van der Waals surface area (Å²) in [6.45, 7) is 4.17. The number of nitrogens with two attached hydrogens (primary N) is 1. The molecule has 5 heteroatoms. The summed E-state index contributed by atoms with van der Waals surface area (Å²) in [6.07, 6.45) is 4.46. The van der Waals surface area contributed by atoms with E-state index in [1.165, 1.54) is 10.9 Å². The molecule has 1 rings (SSSR count). The van der Waals surface area contributed by atoms with Gasteiger partial charge in [-0.15, -0.1) is 0 Å². The summed E-state index contributed by atoms with van der Waals surface area (Å²) in [5.41, 5.74) is 6.55. The van der Waals surface area contributed by atoms with E-state index in [1.54, 1.807) is 7.05 Å². The van der Waals surface area contributed by atoms with Crippen molar-refractivity contribution < 1.29 is 4.79 Å². The van der Waals surface area contributed by atoms with Crippen molar-refractivity contribution in [2.75, 3.05) is 5.73 Å². The summed E-state index contributed by atoms with van der Waals surface area (Å²) in [5.74, 6) is -0.141. The quantitative estimate of drug-likeness (QED) is 0.792. The van der Waals surface area contributed by atoms with Crippen LogP contribution in [0, 0.1) is 0 Å². The van der Waals surface area contributed by atoms with Gasteiger partial charge in [-0.2, -0.15) is 5.10 Å². The average molecular weight is 224 g/mol. The Morgan fingerprint density at radius 1 is 1.62 bits per heavy atom. The lowest BCUT2D eigenvalue weighted by molar-refractivity contribution is 0.0925. The molecule has 1 aromatic rings. The maximum atomic E-state index is 11.9. The van der Waals surface area contributed by atoms with E-state index in [0.717, 1.165) is 19.3 Å². The van der Waals surface area contributed by atoms with Crippen molar-refractivity contribution in [1.82, 2.24) is 15.1 Å². The minimum absolute atomic E-state index is 0.141. The van der Waals surface area contributed by atoms with Crippen LogP contribution in [0.5, 0.6) is 0 Å². The fourth-order valence-corrected chi connectivity index (χ4v) is 1.71. The summed E-state index contributed by atoms with van der Waals surface area (Å²) < 4.78 is 1.50. The smallest absolute Gasteiger partial charge is 0.271 e. The molecule has 16 heavy (non-hydrogen) atoms. The zero-order chi connectivity index (χ0) is 12.1. The van der Waals surface area contributed by atoms with Crippen LogP contribution in [-0.2, 0) is 7.05 Å². The Morgan fingerprint density at radius 2 is 2.31 bits per heavy atom. The average Bonchev–Trinajstić information content (AvgIpc) is 2.57.